The van der Waals surface area contributed by atoms with Crippen LogP contribution in [0.15, 0.2) is 12.7 Å². The summed E-state index contributed by atoms with van der Waals surface area (Å²) in [5.74, 6) is 3.24. The lowest BCUT2D eigenvalue weighted by Crippen LogP contribution is -2.14. The zero-order valence-corrected chi connectivity index (χ0v) is 10.7. The van der Waals surface area contributed by atoms with Gasteiger partial charge in [0.2, 0.25) is 0 Å². The van der Waals surface area contributed by atoms with Gasteiger partial charge < -0.3 is 0 Å². The van der Waals surface area contributed by atoms with E-state index in [0.29, 0.717) is 5.92 Å². The number of hydrogen-bond acceptors (Lipinski definition) is 0. The summed E-state index contributed by atoms with van der Waals surface area (Å²) in [5.41, 5.74) is 0. The van der Waals surface area contributed by atoms with Crippen molar-refractivity contribution in [1.29, 1.82) is 0 Å². The lowest BCUT2D eigenvalue weighted by atomic mass is 9.83. The highest BCUT2D eigenvalue weighted by Gasteiger charge is 2.15. The van der Waals surface area contributed by atoms with Gasteiger partial charge in [0.1, 0.15) is 0 Å². The maximum Gasteiger partial charge on any atom is -0.0265 e. The molecule has 0 aliphatic rings. The fourth-order valence-electron chi connectivity index (χ4n) is 1.80. The first-order chi connectivity index (χ1) is 6.49. The first kappa shape index (κ1) is 13.7. The van der Waals surface area contributed by atoms with E-state index in [0.717, 1.165) is 17.8 Å². The normalized spacial score (nSPS) is 17.9. The Labute approximate surface area is 90.8 Å². The van der Waals surface area contributed by atoms with E-state index in [-0.39, 0.29) is 0 Å². The largest absolute Gasteiger partial charge is 0.103 e. The molecule has 3 atom stereocenters. The Bertz CT molecular complexity index is 146. The molecule has 0 aromatic carbocycles. The first-order valence-electron chi connectivity index (χ1n) is 6.11. The molecule has 0 N–H and O–H groups in total. The molecule has 0 nitrogen and oxygen atoms in total. The predicted molar refractivity (Wildman–Crippen MR) is 66.4 cm³/mol. The van der Waals surface area contributed by atoms with Crippen LogP contribution in [0.25, 0.3) is 0 Å². The summed E-state index contributed by atoms with van der Waals surface area (Å²) in [6.07, 6.45) is 6.10. The smallest absolute Gasteiger partial charge is 0.0265 e. The van der Waals surface area contributed by atoms with Crippen LogP contribution in [-0.4, -0.2) is 0 Å². The van der Waals surface area contributed by atoms with E-state index >= 15 is 0 Å². The number of allylic oxidation sites excluding steroid dienone is 1. The highest BCUT2D eigenvalue weighted by molar-refractivity contribution is 4.75. The average Bonchev–Trinajstić information content (AvgIpc) is 2.15. The van der Waals surface area contributed by atoms with E-state index < -0.39 is 0 Å². The third kappa shape index (κ3) is 5.47. The number of hydrogen-bond donors (Lipinski definition) is 0. The lowest BCUT2D eigenvalue weighted by molar-refractivity contribution is 0.273. The summed E-state index contributed by atoms with van der Waals surface area (Å²) in [6.45, 7) is 15.5. The Balaban J connectivity index is 3.63. The SMILES string of the molecule is C=CC(C)CCCC(C)C(C)C(C)C. The first-order valence-corrected chi connectivity index (χ1v) is 6.11. The molecule has 0 saturated carbocycles. The van der Waals surface area contributed by atoms with Gasteiger partial charge in [-0.05, 0) is 30.1 Å². The Hall–Kier alpha value is -0.260. The molecule has 0 spiro atoms. The van der Waals surface area contributed by atoms with Crippen molar-refractivity contribution in [1.82, 2.24) is 0 Å². The second-order valence-corrected chi connectivity index (χ2v) is 5.22. The van der Waals surface area contributed by atoms with Gasteiger partial charge in [-0.1, -0.05) is 53.5 Å². The highest BCUT2D eigenvalue weighted by Crippen LogP contribution is 2.25. The summed E-state index contributed by atoms with van der Waals surface area (Å²) >= 11 is 0. The molecule has 0 saturated heterocycles. The predicted octanol–water partition coefficient (Wildman–Crippen LogP) is 4.91. The molecule has 0 heterocycles. The molecule has 0 fully saturated rings. The Morgan fingerprint density at radius 2 is 1.57 bits per heavy atom. The van der Waals surface area contributed by atoms with Gasteiger partial charge in [-0.2, -0.15) is 0 Å². The fraction of sp³-hybridized carbons (Fsp3) is 0.857. The van der Waals surface area contributed by atoms with E-state index in [1.165, 1.54) is 19.3 Å². The molecular weight excluding hydrogens is 168 g/mol. The van der Waals surface area contributed by atoms with E-state index in [1.54, 1.807) is 0 Å². The molecule has 0 aromatic rings. The minimum Gasteiger partial charge on any atom is -0.103 e. The van der Waals surface area contributed by atoms with Crippen LogP contribution in [0.1, 0.15) is 53.9 Å². The summed E-state index contributed by atoms with van der Waals surface area (Å²) in [5, 5.41) is 0. The minimum absolute atomic E-state index is 0.691. The Kier molecular flexibility index (Phi) is 6.96. The van der Waals surface area contributed by atoms with Gasteiger partial charge in [0.05, 0.1) is 0 Å². The van der Waals surface area contributed by atoms with Crippen molar-refractivity contribution in [3.8, 4) is 0 Å². The quantitative estimate of drug-likeness (QED) is 0.508. The molecule has 0 aliphatic heterocycles. The minimum atomic E-state index is 0.691. The van der Waals surface area contributed by atoms with Gasteiger partial charge in [0.15, 0.2) is 0 Å². The van der Waals surface area contributed by atoms with Gasteiger partial charge in [-0.3, -0.25) is 0 Å². The average molecular weight is 196 g/mol. The maximum atomic E-state index is 3.82. The van der Waals surface area contributed by atoms with Crippen LogP contribution in [-0.2, 0) is 0 Å². The van der Waals surface area contributed by atoms with Gasteiger partial charge in [-0.15, -0.1) is 6.58 Å². The van der Waals surface area contributed by atoms with E-state index in [4.69, 9.17) is 0 Å². The molecule has 0 heteroatoms. The summed E-state index contributed by atoms with van der Waals surface area (Å²) in [4.78, 5) is 0. The lowest BCUT2D eigenvalue weighted by Gasteiger charge is -2.23. The van der Waals surface area contributed by atoms with Crippen molar-refractivity contribution in [3.05, 3.63) is 12.7 Å². The molecule has 0 rings (SSSR count). The second-order valence-electron chi connectivity index (χ2n) is 5.22. The fourth-order valence-corrected chi connectivity index (χ4v) is 1.80. The van der Waals surface area contributed by atoms with Crippen LogP contribution in [0, 0.1) is 23.7 Å². The zero-order valence-electron chi connectivity index (χ0n) is 10.7. The number of rotatable bonds is 7. The third-order valence-corrected chi connectivity index (χ3v) is 3.67. The molecule has 14 heavy (non-hydrogen) atoms. The Morgan fingerprint density at radius 1 is 1.00 bits per heavy atom. The highest BCUT2D eigenvalue weighted by atomic mass is 14.2. The summed E-state index contributed by atoms with van der Waals surface area (Å²) in [6, 6.07) is 0. The molecule has 0 aliphatic carbocycles. The van der Waals surface area contributed by atoms with Crippen molar-refractivity contribution in [2.75, 3.05) is 0 Å². The standard InChI is InChI=1S/C14H28/c1-7-12(4)9-8-10-13(5)14(6)11(2)3/h7,11-14H,1,8-10H2,2-6H3. The van der Waals surface area contributed by atoms with Crippen molar-refractivity contribution in [2.45, 2.75) is 53.9 Å². The van der Waals surface area contributed by atoms with Gasteiger partial charge >= 0.3 is 0 Å². The zero-order chi connectivity index (χ0) is 11.1. The van der Waals surface area contributed by atoms with Crippen molar-refractivity contribution in [3.63, 3.8) is 0 Å². The molecular formula is C14H28. The van der Waals surface area contributed by atoms with Crippen LogP contribution in [0.3, 0.4) is 0 Å². The molecule has 0 aromatic heterocycles. The maximum absolute atomic E-state index is 3.82. The van der Waals surface area contributed by atoms with Crippen molar-refractivity contribution in [2.24, 2.45) is 23.7 Å². The molecule has 3 unspecified atom stereocenters. The summed E-state index contributed by atoms with van der Waals surface area (Å²) < 4.78 is 0. The van der Waals surface area contributed by atoms with Gasteiger partial charge in [-0.25, -0.2) is 0 Å². The molecule has 84 valence electrons. The summed E-state index contributed by atoms with van der Waals surface area (Å²) in [7, 11) is 0. The van der Waals surface area contributed by atoms with Gasteiger partial charge in [0.25, 0.3) is 0 Å². The van der Waals surface area contributed by atoms with Crippen LogP contribution in [0.5, 0.6) is 0 Å². The molecule has 0 radical (unpaired) electrons. The van der Waals surface area contributed by atoms with E-state index in [1.807, 2.05) is 0 Å². The topological polar surface area (TPSA) is 0 Å². The van der Waals surface area contributed by atoms with E-state index in [2.05, 4.69) is 47.3 Å². The Morgan fingerprint density at radius 3 is 2.00 bits per heavy atom. The van der Waals surface area contributed by atoms with Crippen LogP contribution < -0.4 is 0 Å². The van der Waals surface area contributed by atoms with E-state index in [9.17, 15) is 0 Å². The van der Waals surface area contributed by atoms with Gasteiger partial charge in [0, 0.05) is 0 Å². The molecule has 0 bridgehead atoms. The van der Waals surface area contributed by atoms with Crippen molar-refractivity contribution < 1.29 is 0 Å². The van der Waals surface area contributed by atoms with Crippen molar-refractivity contribution >= 4 is 0 Å². The van der Waals surface area contributed by atoms with Crippen LogP contribution in [0.2, 0.25) is 0 Å². The van der Waals surface area contributed by atoms with Crippen LogP contribution >= 0.6 is 0 Å². The van der Waals surface area contributed by atoms with Crippen LogP contribution in [0.4, 0.5) is 0 Å². The monoisotopic (exact) mass is 196 g/mol. The third-order valence-electron chi connectivity index (χ3n) is 3.67. The molecule has 0 amide bonds. The second kappa shape index (κ2) is 7.09.